The third-order valence-electron chi connectivity index (χ3n) is 3.20. The molecule has 1 heterocycles. The number of fused-ring (bicyclic) bond motifs is 1. The van der Waals surface area contributed by atoms with E-state index in [0.717, 1.165) is 16.2 Å². The molecular formula is C16H13FN2O2S. The number of thioether (sulfide) groups is 1. The number of carbonyl (C=O) groups excluding carboxylic acids is 1. The van der Waals surface area contributed by atoms with Crippen LogP contribution < -0.4 is 10.9 Å². The number of phenols is 1. The molecule has 3 rings (SSSR count). The van der Waals surface area contributed by atoms with Crippen LogP contribution in [0, 0.1) is 5.82 Å². The number of phenolic OH excluding ortho intramolecular Hbond substituents is 1. The molecule has 2 aromatic rings. The smallest absolute Gasteiger partial charge is 0.269 e. The van der Waals surface area contributed by atoms with Crippen molar-refractivity contribution in [2.24, 2.45) is 0 Å². The molecule has 112 valence electrons. The van der Waals surface area contributed by atoms with Crippen molar-refractivity contribution in [1.29, 1.82) is 0 Å². The number of aromatic hydroxyl groups is 1. The minimum Gasteiger partial charge on any atom is -0.508 e. The maximum atomic E-state index is 13.4. The Hall–Kier alpha value is -2.47. The van der Waals surface area contributed by atoms with E-state index in [1.807, 2.05) is 6.08 Å². The maximum Gasteiger partial charge on any atom is 0.269 e. The summed E-state index contributed by atoms with van der Waals surface area (Å²) in [4.78, 5) is 13.0. The van der Waals surface area contributed by atoms with Gasteiger partial charge in [0.1, 0.15) is 11.6 Å². The second kappa shape index (κ2) is 6.11. The van der Waals surface area contributed by atoms with Gasteiger partial charge in [-0.15, -0.1) is 11.8 Å². The Morgan fingerprint density at radius 3 is 2.73 bits per heavy atom. The molecule has 1 amide bonds. The number of halogens is 1. The molecule has 22 heavy (non-hydrogen) atoms. The monoisotopic (exact) mass is 316 g/mol. The van der Waals surface area contributed by atoms with E-state index in [4.69, 9.17) is 0 Å². The van der Waals surface area contributed by atoms with E-state index in [2.05, 4.69) is 10.9 Å². The lowest BCUT2D eigenvalue weighted by Crippen LogP contribution is -2.36. The average molecular weight is 316 g/mol. The standard InChI is InChI=1S/C16H13FN2O2S/c17-11-3-6-15-13(9-11)14(7-8-22-15)18-19-16(21)10-1-4-12(20)5-2-10/h1-7,9,18,20H,8H2,(H,19,21). The molecule has 0 spiro atoms. The Balaban J connectivity index is 1.72. The maximum absolute atomic E-state index is 13.4. The first-order valence-electron chi connectivity index (χ1n) is 6.62. The van der Waals surface area contributed by atoms with E-state index in [0.29, 0.717) is 11.3 Å². The van der Waals surface area contributed by atoms with Gasteiger partial charge >= 0.3 is 0 Å². The zero-order valence-electron chi connectivity index (χ0n) is 11.5. The predicted octanol–water partition coefficient (Wildman–Crippen LogP) is 2.91. The fourth-order valence-electron chi connectivity index (χ4n) is 2.09. The van der Waals surface area contributed by atoms with Crippen LogP contribution in [-0.2, 0) is 0 Å². The van der Waals surface area contributed by atoms with E-state index < -0.39 is 0 Å². The van der Waals surface area contributed by atoms with Gasteiger partial charge < -0.3 is 5.11 Å². The molecular weight excluding hydrogens is 303 g/mol. The number of hydrogen-bond donors (Lipinski definition) is 3. The Morgan fingerprint density at radius 1 is 1.18 bits per heavy atom. The van der Waals surface area contributed by atoms with Gasteiger partial charge in [0.05, 0.1) is 5.70 Å². The minimum atomic E-state index is -0.336. The molecule has 0 radical (unpaired) electrons. The van der Waals surface area contributed by atoms with Crippen LogP contribution in [0.1, 0.15) is 15.9 Å². The molecule has 0 fully saturated rings. The second-order valence-corrected chi connectivity index (χ2v) is 5.76. The van der Waals surface area contributed by atoms with Gasteiger partial charge in [-0.2, -0.15) is 0 Å². The molecule has 0 aliphatic carbocycles. The predicted molar refractivity (Wildman–Crippen MR) is 83.8 cm³/mol. The van der Waals surface area contributed by atoms with Gasteiger partial charge in [-0.05, 0) is 48.5 Å². The molecule has 3 N–H and O–H groups in total. The number of amides is 1. The van der Waals surface area contributed by atoms with Crippen LogP contribution >= 0.6 is 11.8 Å². The molecule has 0 saturated carbocycles. The SMILES string of the molecule is O=C(NNC1=CCSc2ccc(F)cc21)c1ccc(O)cc1. The number of carbonyl (C=O) groups is 1. The summed E-state index contributed by atoms with van der Waals surface area (Å²) in [7, 11) is 0. The summed E-state index contributed by atoms with van der Waals surface area (Å²) < 4.78 is 13.4. The number of nitrogens with one attached hydrogen (secondary N) is 2. The molecule has 0 unspecified atom stereocenters. The fourth-order valence-corrected chi connectivity index (χ4v) is 3.01. The van der Waals surface area contributed by atoms with Gasteiger partial charge in [0.2, 0.25) is 0 Å². The highest BCUT2D eigenvalue weighted by Gasteiger charge is 2.15. The Kier molecular flexibility index (Phi) is 4.02. The van der Waals surface area contributed by atoms with E-state index in [1.165, 1.54) is 36.4 Å². The lowest BCUT2D eigenvalue weighted by Gasteiger charge is -2.19. The first-order valence-corrected chi connectivity index (χ1v) is 7.60. The number of rotatable bonds is 3. The quantitative estimate of drug-likeness (QED) is 0.762. The molecule has 0 aromatic heterocycles. The molecule has 6 heteroatoms. The van der Waals surface area contributed by atoms with E-state index in [-0.39, 0.29) is 17.5 Å². The highest BCUT2D eigenvalue weighted by Crippen LogP contribution is 2.32. The van der Waals surface area contributed by atoms with Crippen molar-refractivity contribution in [3.8, 4) is 5.75 Å². The normalized spacial score (nSPS) is 13.0. The van der Waals surface area contributed by atoms with Crippen LogP contribution in [0.15, 0.2) is 53.4 Å². The molecule has 0 saturated heterocycles. The summed E-state index contributed by atoms with van der Waals surface area (Å²) in [6, 6.07) is 10.5. The molecule has 4 nitrogen and oxygen atoms in total. The van der Waals surface area contributed by atoms with Crippen LogP contribution in [0.25, 0.3) is 5.70 Å². The topological polar surface area (TPSA) is 61.4 Å². The van der Waals surface area contributed by atoms with Gasteiger partial charge in [0.15, 0.2) is 0 Å². The van der Waals surface area contributed by atoms with Crippen LogP contribution in [0.3, 0.4) is 0 Å². The Morgan fingerprint density at radius 2 is 1.95 bits per heavy atom. The largest absolute Gasteiger partial charge is 0.508 e. The third kappa shape index (κ3) is 3.07. The molecule has 0 atom stereocenters. The highest BCUT2D eigenvalue weighted by molar-refractivity contribution is 7.99. The Bertz CT molecular complexity index is 744. The van der Waals surface area contributed by atoms with Gasteiger partial charge in [-0.1, -0.05) is 0 Å². The molecule has 0 bridgehead atoms. The molecule has 2 aromatic carbocycles. The van der Waals surface area contributed by atoms with Crippen molar-refractivity contribution in [2.45, 2.75) is 4.90 Å². The van der Waals surface area contributed by atoms with Crippen LogP contribution in [0.4, 0.5) is 4.39 Å². The van der Waals surface area contributed by atoms with E-state index in [9.17, 15) is 14.3 Å². The van der Waals surface area contributed by atoms with Crippen molar-refractivity contribution >= 4 is 23.4 Å². The minimum absolute atomic E-state index is 0.0981. The number of benzene rings is 2. The average Bonchev–Trinajstić information content (AvgIpc) is 2.53. The first kappa shape index (κ1) is 14.5. The van der Waals surface area contributed by atoms with Crippen LogP contribution in [0.5, 0.6) is 5.75 Å². The first-order chi connectivity index (χ1) is 10.6. The van der Waals surface area contributed by atoms with Crippen LogP contribution in [0.2, 0.25) is 0 Å². The second-order valence-electron chi connectivity index (χ2n) is 4.70. The van der Waals surface area contributed by atoms with Crippen molar-refractivity contribution < 1.29 is 14.3 Å². The van der Waals surface area contributed by atoms with Gasteiger partial charge in [0.25, 0.3) is 5.91 Å². The van der Waals surface area contributed by atoms with E-state index in [1.54, 1.807) is 17.8 Å². The molecule has 1 aliphatic heterocycles. The zero-order valence-corrected chi connectivity index (χ0v) is 12.3. The number of hydrogen-bond acceptors (Lipinski definition) is 4. The van der Waals surface area contributed by atoms with E-state index >= 15 is 0 Å². The summed E-state index contributed by atoms with van der Waals surface area (Å²) >= 11 is 1.61. The lowest BCUT2D eigenvalue weighted by molar-refractivity contribution is 0.0942. The van der Waals surface area contributed by atoms with Crippen LogP contribution in [-0.4, -0.2) is 16.8 Å². The highest BCUT2D eigenvalue weighted by atomic mass is 32.2. The molecule has 1 aliphatic rings. The summed E-state index contributed by atoms with van der Waals surface area (Å²) in [6.07, 6.45) is 1.89. The summed E-state index contributed by atoms with van der Waals surface area (Å²) in [5.74, 6) is 0.188. The summed E-state index contributed by atoms with van der Waals surface area (Å²) in [6.45, 7) is 0. The lowest BCUT2D eigenvalue weighted by atomic mass is 10.1. The summed E-state index contributed by atoms with van der Waals surface area (Å²) in [5.41, 5.74) is 7.22. The van der Waals surface area contributed by atoms with Crippen molar-refractivity contribution in [3.05, 3.63) is 65.5 Å². The van der Waals surface area contributed by atoms with Gasteiger partial charge in [0, 0.05) is 21.8 Å². The van der Waals surface area contributed by atoms with Gasteiger partial charge in [-0.3, -0.25) is 15.6 Å². The zero-order chi connectivity index (χ0) is 15.5. The van der Waals surface area contributed by atoms with Crippen molar-refractivity contribution in [2.75, 3.05) is 5.75 Å². The fraction of sp³-hybridized carbons (Fsp3) is 0.0625. The van der Waals surface area contributed by atoms with Gasteiger partial charge in [-0.25, -0.2) is 4.39 Å². The van der Waals surface area contributed by atoms with Crippen molar-refractivity contribution in [1.82, 2.24) is 10.9 Å². The number of hydrazine groups is 1. The third-order valence-corrected chi connectivity index (χ3v) is 4.20. The summed E-state index contributed by atoms with van der Waals surface area (Å²) in [5, 5.41) is 9.21. The van der Waals surface area contributed by atoms with Crippen molar-refractivity contribution in [3.63, 3.8) is 0 Å². The Labute approximate surface area is 131 Å².